The van der Waals surface area contributed by atoms with Crippen molar-refractivity contribution in [3.8, 4) is 5.75 Å². The fourth-order valence-corrected chi connectivity index (χ4v) is 4.31. The van der Waals surface area contributed by atoms with E-state index in [1.807, 2.05) is 6.26 Å². The number of phenols is 1. The van der Waals surface area contributed by atoms with Crippen LogP contribution < -0.4 is 0 Å². The van der Waals surface area contributed by atoms with Crippen LogP contribution >= 0.6 is 56.9 Å². The molecular formula is C7H6I2OS. The molecule has 0 saturated heterocycles. The molecule has 1 nitrogen and oxygen atoms in total. The van der Waals surface area contributed by atoms with Crippen molar-refractivity contribution in [3.63, 3.8) is 0 Å². The molecule has 0 amide bonds. The molecule has 0 aliphatic heterocycles. The molecule has 0 atom stereocenters. The summed E-state index contributed by atoms with van der Waals surface area (Å²) in [5.41, 5.74) is 0. The molecule has 0 saturated carbocycles. The van der Waals surface area contributed by atoms with E-state index in [4.69, 9.17) is 0 Å². The van der Waals surface area contributed by atoms with Gasteiger partial charge in [0.2, 0.25) is 0 Å². The lowest BCUT2D eigenvalue weighted by Gasteiger charge is -2.03. The largest absolute Gasteiger partial charge is 0.508 e. The minimum atomic E-state index is 0.344. The number of hydrogen-bond donors (Lipinski definition) is 1. The maximum absolute atomic E-state index is 9.19. The van der Waals surface area contributed by atoms with Gasteiger partial charge in [0.15, 0.2) is 0 Å². The molecule has 0 spiro atoms. The van der Waals surface area contributed by atoms with Crippen molar-refractivity contribution >= 4 is 56.9 Å². The van der Waals surface area contributed by atoms with Crippen LogP contribution in [0.3, 0.4) is 0 Å². The van der Waals surface area contributed by atoms with Crippen molar-refractivity contribution in [2.75, 3.05) is 6.26 Å². The fraction of sp³-hybridized carbons (Fsp3) is 0.143. The first-order chi connectivity index (χ1) is 5.15. The first-order valence-electron chi connectivity index (χ1n) is 2.87. The van der Waals surface area contributed by atoms with Crippen molar-refractivity contribution in [2.45, 2.75) is 4.90 Å². The highest BCUT2D eigenvalue weighted by molar-refractivity contribution is 14.1. The van der Waals surface area contributed by atoms with Crippen LogP contribution in [0.2, 0.25) is 0 Å². The average Bonchev–Trinajstić information content (AvgIpc) is 1.85. The van der Waals surface area contributed by atoms with Crippen molar-refractivity contribution in [1.82, 2.24) is 0 Å². The van der Waals surface area contributed by atoms with Crippen molar-refractivity contribution in [1.29, 1.82) is 0 Å². The van der Waals surface area contributed by atoms with E-state index in [0.717, 1.165) is 7.14 Å². The highest BCUT2D eigenvalue weighted by atomic mass is 127. The molecule has 0 heterocycles. The maximum atomic E-state index is 9.19. The molecule has 0 aliphatic rings. The molecule has 1 aromatic carbocycles. The van der Waals surface area contributed by atoms with Gasteiger partial charge in [-0.1, -0.05) is 0 Å². The van der Waals surface area contributed by atoms with Gasteiger partial charge in [-0.05, 0) is 63.6 Å². The quantitative estimate of drug-likeness (QED) is 0.585. The molecule has 0 unspecified atom stereocenters. The van der Waals surface area contributed by atoms with E-state index >= 15 is 0 Å². The second-order valence-corrected chi connectivity index (χ2v) is 5.08. The Balaban J connectivity index is 3.25. The summed E-state index contributed by atoms with van der Waals surface area (Å²) in [6.07, 6.45) is 2.04. The number of thioether (sulfide) groups is 1. The third-order valence-electron chi connectivity index (χ3n) is 1.19. The summed E-state index contributed by atoms with van der Waals surface area (Å²) >= 11 is 6.16. The van der Waals surface area contributed by atoms with Crippen LogP contribution in [0.1, 0.15) is 0 Å². The third kappa shape index (κ3) is 2.38. The van der Waals surface area contributed by atoms with Crippen molar-refractivity contribution in [3.05, 3.63) is 19.3 Å². The first-order valence-corrected chi connectivity index (χ1v) is 6.25. The summed E-state index contributed by atoms with van der Waals surface area (Å²) in [4.78, 5) is 1.24. The normalized spacial score (nSPS) is 10.1. The van der Waals surface area contributed by atoms with E-state index in [-0.39, 0.29) is 0 Å². The van der Waals surface area contributed by atoms with Gasteiger partial charge in [0, 0.05) is 12.0 Å². The number of aromatic hydroxyl groups is 1. The van der Waals surface area contributed by atoms with Crippen LogP contribution in [0.5, 0.6) is 5.75 Å². The van der Waals surface area contributed by atoms with Crippen LogP contribution in [-0.2, 0) is 0 Å². The Bertz CT molecular complexity index is 252. The zero-order valence-corrected chi connectivity index (χ0v) is 10.9. The number of hydrogen-bond acceptors (Lipinski definition) is 2. The van der Waals surface area contributed by atoms with Gasteiger partial charge in [-0.2, -0.15) is 0 Å². The topological polar surface area (TPSA) is 20.2 Å². The van der Waals surface area contributed by atoms with Gasteiger partial charge in [0.1, 0.15) is 5.75 Å². The summed E-state index contributed by atoms with van der Waals surface area (Å²) in [5.74, 6) is 0.344. The lowest BCUT2D eigenvalue weighted by atomic mass is 10.3. The van der Waals surface area contributed by atoms with Crippen LogP contribution in [0.4, 0.5) is 0 Å². The van der Waals surface area contributed by atoms with Crippen molar-refractivity contribution in [2.24, 2.45) is 0 Å². The van der Waals surface area contributed by atoms with Gasteiger partial charge in [-0.15, -0.1) is 11.8 Å². The standard InChI is InChI=1S/C7H6I2OS/c1-11-7-5(8)2-4(10)3-6(7)9/h2-3,10H,1H3. The van der Waals surface area contributed by atoms with E-state index in [1.165, 1.54) is 4.90 Å². The molecule has 0 bridgehead atoms. The Morgan fingerprint density at radius 1 is 1.27 bits per heavy atom. The molecule has 1 rings (SSSR count). The van der Waals surface area contributed by atoms with Gasteiger partial charge in [-0.25, -0.2) is 0 Å². The number of benzene rings is 1. The second kappa shape index (κ2) is 4.18. The van der Waals surface area contributed by atoms with Gasteiger partial charge < -0.3 is 5.11 Å². The Hall–Kier alpha value is 0.830. The summed E-state index contributed by atoms with van der Waals surface area (Å²) in [6, 6.07) is 3.54. The smallest absolute Gasteiger partial charge is 0.117 e. The lowest BCUT2D eigenvalue weighted by molar-refractivity contribution is 0.474. The summed E-state index contributed by atoms with van der Waals surface area (Å²) < 4.78 is 2.22. The number of phenolic OH excluding ortho intramolecular Hbond substituents is 1. The zero-order valence-electron chi connectivity index (χ0n) is 5.77. The highest BCUT2D eigenvalue weighted by Gasteiger charge is 2.04. The second-order valence-electron chi connectivity index (χ2n) is 1.94. The SMILES string of the molecule is CSc1c(I)cc(O)cc1I. The third-order valence-corrected chi connectivity index (χ3v) is 4.47. The molecule has 1 N–H and O–H groups in total. The molecule has 11 heavy (non-hydrogen) atoms. The number of halogens is 2. The predicted octanol–water partition coefficient (Wildman–Crippen LogP) is 3.32. The molecule has 4 heteroatoms. The van der Waals surface area contributed by atoms with Crippen LogP contribution in [0, 0.1) is 7.14 Å². The molecular weight excluding hydrogens is 386 g/mol. The number of rotatable bonds is 1. The van der Waals surface area contributed by atoms with Gasteiger partial charge in [0.05, 0.1) is 0 Å². The molecule has 0 radical (unpaired) electrons. The van der Waals surface area contributed by atoms with E-state index in [2.05, 4.69) is 45.2 Å². The van der Waals surface area contributed by atoms with E-state index in [1.54, 1.807) is 23.9 Å². The van der Waals surface area contributed by atoms with E-state index in [9.17, 15) is 5.11 Å². The van der Waals surface area contributed by atoms with Gasteiger partial charge in [0.25, 0.3) is 0 Å². The Labute approximate surface area is 97.2 Å². The summed E-state index contributed by atoms with van der Waals surface area (Å²) in [7, 11) is 0. The predicted molar refractivity (Wildman–Crippen MR) is 65.3 cm³/mol. The van der Waals surface area contributed by atoms with Crippen LogP contribution in [0.25, 0.3) is 0 Å². The van der Waals surface area contributed by atoms with Crippen LogP contribution in [-0.4, -0.2) is 11.4 Å². The molecule has 0 aromatic heterocycles. The minimum absolute atomic E-state index is 0.344. The molecule has 0 aliphatic carbocycles. The Kier molecular flexibility index (Phi) is 3.76. The minimum Gasteiger partial charge on any atom is -0.508 e. The molecule has 60 valence electrons. The lowest BCUT2D eigenvalue weighted by Crippen LogP contribution is -1.82. The molecule has 0 fully saturated rings. The Morgan fingerprint density at radius 2 is 1.73 bits per heavy atom. The van der Waals surface area contributed by atoms with Crippen molar-refractivity contribution < 1.29 is 5.11 Å². The van der Waals surface area contributed by atoms with E-state index < -0.39 is 0 Å². The average molecular weight is 392 g/mol. The Morgan fingerprint density at radius 3 is 2.09 bits per heavy atom. The molecule has 1 aromatic rings. The summed E-state index contributed by atoms with van der Waals surface area (Å²) in [6.45, 7) is 0. The highest BCUT2D eigenvalue weighted by Crippen LogP contribution is 2.30. The monoisotopic (exact) mass is 392 g/mol. The van der Waals surface area contributed by atoms with E-state index in [0.29, 0.717) is 5.75 Å². The first kappa shape index (κ1) is 9.91. The van der Waals surface area contributed by atoms with Crippen LogP contribution in [0.15, 0.2) is 17.0 Å². The maximum Gasteiger partial charge on any atom is 0.117 e. The fourth-order valence-electron chi connectivity index (χ4n) is 0.742. The van der Waals surface area contributed by atoms with Gasteiger partial charge in [-0.3, -0.25) is 0 Å². The summed E-state index contributed by atoms with van der Waals surface area (Å²) in [5, 5.41) is 9.19. The van der Waals surface area contributed by atoms with Gasteiger partial charge >= 0.3 is 0 Å². The zero-order chi connectivity index (χ0) is 8.43.